The average molecular weight is 256 g/mol. The minimum atomic E-state index is 0.172. The number of ether oxygens (including phenoxy) is 1. The number of hydrogen-bond donors (Lipinski definition) is 0. The van der Waals surface area contributed by atoms with Crippen molar-refractivity contribution in [3.8, 4) is 5.75 Å². The summed E-state index contributed by atoms with van der Waals surface area (Å²) in [7, 11) is 3.57. The van der Waals surface area contributed by atoms with Crippen molar-refractivity contribution in [1.82, 2.24) is 4.90 Å². The highest BCUT2D eigenvalue weighted by Crippen LogP contribution is 2.23. The first-order valence-electron chi connectivity index (χ1n) is 5.53. The van der Waals surface area contributed by atoms with Gasteiger partial charge in [-0.05, 0) is 44.2 Å². The van der Waals surface area contributed by atoms with Crippen molar-refractivity contribution in [3.63, 3.8) is 0 Å². The molecule has 0 unspecified atom stereocenters. The third-order valence-corrected chi connectivity index (χ3v) is 2.73. The number of Topliss-reactive ketones (excluding diaryl/α,β-unsaturated/α-hetero) is 1. The van der Waals surface area contributed by atoms with Crippen LogP contribution in [-0.4, -0.2) is 37.9 Å². The van der Waals surface area contributed by atoms with E-state index in [1.165, 1.54) is 0 Å². The van der Waals surface area contributed by atoms with Crippen molar-refractivity contribution in [2.45, 2.75) is 13.3 Å². The second-order valence-electron chi connectivity index (χ2n) is 4.15. The fraction of sp³-hybridized carbons (Fsp3) is 0.462. The minimum Gasteiger partial charge on any atom is -0.496 e. The predicted molar refractivity (Wildman–Crippen MR) is 69.9 cm³/mol. The SMILES string of the molecule is COc1ccc(Cl)cc1CCN(C)CC(C)=O. The molecule has 4 heteroatoms. The molecule has 0 saturated carbocycles. The van der Waals surface area contributed by atoms with Crippen molar-refractivity contribution in [3.05, 3.63) is 28.8 Å². The summed E-state index contributed by atoms with van der Waals surface area (Å²) in [5, 5.41) is 0.704. The van der Waals surface area contributed by atoms with Gasteiger partial charge in [0.1, 0.15) is 11.5 Å². The fourth-order valence-electron chi connectivity index (χ4n) is 1.71. The van der Waals surface area contributed by atoms with E-state index >= 15 is 0 Å². The summed E-state index contributed by atoms with van der Waals surface area (Å²) >= 11 is 5.95. The van der Waals surface area contributed by atoms with Gasteiger partial charge in [-0.25, -0.2) is 0 Å². The topological polar surface area (TPSA) is 29.5 Å². The van der Waals surface area contributed by atoms with E-state index in [0.717, 1.165) is 24.3 Å². The molecule has 0 bridgehead atoms. The Morgan fingerprint density at radius 1 is 1.47 bits per heavy atom. The predicted octanol–water partition coefficient (Wildman–Crippen LogP) is 2.41. The van der Waals surface area contributed by atoms with E-state index in [1.54, 1.807) is 14.0 Å². The molecular weight excluding hydrogens is 238 g/mol. The van der Waals surface area contributed by atoms with Gasteiger partial charge in [0.2, 0.25) is 0 Å². The van der Waals surface area contributed by atoms with Crippen LogP contribution < -0.4 is 4.74 Å². The van der Waals surface area contributed by atoms with Crippen LogP contribution in [-0.2, 0) is 11.2 Å². The Morgan fingerprint density at radius 2 is 2.18 bits per heavy atom. The second kappa shape index (κ2) is 6.62. The maximum atomic E-state index is 11.0. The van der Waals surface area contributed by atoms with Crippen LogP contribution in [0.1, 0.15) is 12.5 Å². The van der Waals surface area contributed by atoms with Crippen LogP contribution in [0.3, 0.4) is 0 Å². The van der Waals surface area contributed by atoms with Gasteiger partial charge in [0.15, 0.2) is 0 Å². The summed E-state index contributed by atoms with van der Waals surface area (Å²) in [5.41, 5.74) is 1.07. The largest absolute Gasteiger partial charge is 0.496 e. The lowest BCUT2D eigenvalue weighted by atomic mass is 10.1. The molecule has 0 spiro atoms. The van der Waals surface area contributed by atoms with Crippen LogP contribution in [0, 0.1) is 0 Å². The number of likely N-dealkylation sites (N-methyl/N-ethyl adjacent to an activating group) is 1. The van der Waals surface area contributed by atoms with Crippen LogP contribution >= 0.6 is 11.6 Å². The first kappa shape index (κ1) is 14.0. The lowest BCUT2D eigenvalue weighted by Gasteiger charge is -2.16. The summed E-state index contributed by atoms with van der Waals surface area (Å²) in [5.74, 6) is 1.01. The van der Waals surface area contributed by atoms with E-state index in [-0.39, 0.29) is 5.78 Å². The van der Waals surface area contributed by atoms with Gasteiger partial charge >= 0.3 is 0 Å². The third-order valence-electron chi connectivity index (χ3n) is 2.50. The Bertz CT molecular complexity index is 393. The number of benzene rings is 1. The zero-order chi connectivity index (χ0) is 12.8. The number of rotatable bonds is 6. The van der Waals surface area contributed by atoms with Crippen molar-refractivity contribution in [2.75, 3.05) is 27.2 Å². The molecule has 17 heavy (non-hydrogen) atoms. The first-order chi connectivity index (χ1) is 8.02. The van der Waals surface area contributed by atoms with Crippen LogP contribution in [0.5, 0.6) is 5.75 Å². The molecule has 0 atom stereocenters. The molecule has 0 amide bonds. The second-order valence-corrected chi connectivity index (χ2v) is 4.58. The van der Waals surface area contributed by atoms with Gasteiger partial charge in [-0.1, -0.05) is 11.6 Å². The Hall–Kier alpha value is -1.06. The zero-order valence-corrected chi connectivity index (χ0v) is 11.3. The first-order valence-corrected chi connectivity index (χ1v) is 5.91. The summed E-state index contributed by atoms with van der Waals surface area (Å²) in [6.07, 6.45) is 0.813. The van der Waals surface area contributed by atoms with E-state index in [4.69, 9.17) is 16.3 Å². The van der Waals surface area contributed by atoms with E-state index in [2.05, 4.69) is 0 Å². The smallest absolute Gasteiger partial charge is 0.143 e. The quantitative estimate of drug-likeness (QED) is 0.782. The summed E-state index contributed by atoms with van der Waals surface area (Å²) in [4.78, 5) is 12.9. The van der Waals surface area contributed by atoms with E-state index in [1.807, 2.05) is 30.1 Å². The van der Waals surface area contributed by atoms with Crippen LogP contribution in [0.2, 0.25) is 5.02 Å². The third kappa shape index (κ3) is 4.75. The molecule has 0 aliphatic carbocycles. The minimum absolute atomic E-state index is 0.172. The van der Waals surface area contributed by atoms with Crippen molar-refractivity contribution < 1.29 is 9.53 Å². The summed E-state index contributed by atoms with van der Waals surface area (Å²) < 4.78 is 5.27. The van der Waals surface area contributed by atoms with E-state index in [0.29, 0.717) is 11.6 Å². The standard InChI is InChI=1S/C13H18ClNO2/c1-10(16)9-15(2)7-6-11-8-12(14)4-5-13(11)17-3/h4-5,8H,6-7,9H2,1-3H3. The summed E-state index contributed by atoms with van der Waals surface area (Å²) in [6.45, 7) is 2.87. The number of carbonyl (C=O) groups is 1. The number of halogens is 1. The van der Waals surface area contributed by atoms with Crippen LogP contribution in [0.15, 0.2) is 18.2 Å². The van der Waals surface area contributed by atoms with Gasteiger partial charge in [-0.3, -0.25) is 9.69 Å². The van der Waals surface area contributed by atoms with Gasteiger partial charge in [0.25, 0.3) is 0 Å². The maximum Gasteiger partial charge on any atom is 0.143 e. The van der Waals surface area contributed by atoms with Crippen molar-refractivity contribution >= 4 is 17.4 Å². The Kier molecular flexibility index (Phi) is 5.45. The number of carbonyl (C=O) groups excluding carboxylic acids is 1. The molecule has 1 aromatic rings. The molecule has 0 radical (unpaired) electrons. The van der Waals surface area contributed by atoms with Gasteiger partial charge in [0, 0.05) is 11.6 Å². The van der Waals surface area contributed by atoms with Gasteiger partial charge in [-0.2, -0.15) is 0 Å². The molecule has 1 rings (SSSR count). The highest BCUT2D eigenvalue weighted by atomic mass is 35.5. The number of hydrogen-bond acceptors (Lipinski definition) is 3. The molecule has 0 aliphatic rings. The summed E-state index contributed by atoms with van der Waals surface area (Å²) in [6, 6.07) is 5.58. The van der Waals surface area contributed by atoms with Crippen LogP contribution in [0.25, 0.3) is 0 Å². The van der Waals surface area contributed by atoms with Crippen LogP contribution in [0.4, 0.5) is 0 Å². The molecule has 0 heterocycles. The average Bonchev–Trinajstić information content (AvgIpc) is 2.25. The molecule has 94 valence electrons. The monoisotopic (exact) mass is 255 g/mol. The van der Waals surface area contributed by atoms with Gasteiger partial charge in [-0.15, -0.1) is 0 Å². The van der Waals surface area contributed by atoms with Crippen molar-refractivity contribution in [2.24, 2.45) is 0 Å². The maximum absolute atomic E-state index is 11.0. The van der Waals surface area contributed by atoms with Gasteiger partial charge < -0.3 is 4.74 Å². The Morgan fingerprint density at radius 3 is 2.76 bits per heavy atom. The Labute approximate surface area is 107 Å². The lowest BCUT2D eigenvalue weighted by molar-refractivity contribution is -0.117. The normalized spacial score (nSPS) is 10.6. The molecule has 1 aromatic carbocycles. The van der Waals surface area contributed by atoms with E-state index in [9.17, 15) is 4.79 Å². The Balaban J connectivity index is 2.61. The highest BCUT2D eigenvalue weighted by Gasteiger charge is 2.06. The fourth-order valence-corrected chi connectivity index (χ4v) is 1.91. The molecule has 0 N–H and O–H groups in total. The molecule has 0 saturated heterocycles. The lowest BCUT2D eigenvalue weighted by Crippen LogP contribution is -2.26. The zero-order valence-electron chi connectivity index (χ0n) is 10.5. The van der Waals surface area contributed by atoms with Gasteiger partial charge in [0.05, 0.1) is 13.7 Å². The number of ketones is 1. The van der Waals surface area contributed by atoms with E-state index < -0.39 is 0 Å². The molecule has 0 fully saturated rings. The van der Waals surface area contributed by atoms with Crippen molar-refractivity contribution in [1.29, 1.82) is 0 Å². The highest BCUT2D eigenvalue weighted by molar-refractivity contribution is 6.30. The molecular formula is C13H18ClNO2. The molecule has 3 nitrogen and oxygen atoms in total. The number of nitrogens with zero attached hydrogens (tertiary/aromatic N) is 1. The number of methoxy groups -OCH3 is 1. The molecule has 0 aliphatic heterocycles. The molecule has 0 aromatic heterocycles.